The van der Waals surface area contributed by atoms with Crippen LogP contribution in [0.15, 0.2) is 35.3 Å². The van der Waals surface area contributed by atoms with Gasteiger partial charge in [0.05, 0.1) is 24.2 Å². The Bertz CT molecular complexity index is 1360. The number of amides is 1. The second-order valence-electron chi connectivity index (χ2n) is 9.26. The van der Waals surface area contributed by atoms with Gasteiger partial charge in [-0.15, -0.1) is 0 Å². The molecule has 11 heteroatoms. The number of aromatic nitrogens is 3. The topological polar surface area (TPSA) is 116 Å². The second kappa shape index (κ2) is 11.1. The van der Waals surface area contributed by atoms with Crippen molar-refractivity contribution in [1.82, 2.24) is 19.7 Å². The molecule has 1 amide bonds. The maximum Gasteiger partial charge on any atom is 0.261 e. The third kappa shape index (κ3) is 5.80. The summed E-state index contributed by atoms with van der Waals surface area (Å²) in [4.78, 5) is 29.7. The summed E-state index contributed by atoms with van der Waals surface area (Å²) < 4.78 is 34.4. The number of nitriles is 1. The highest BCUT2D eigenvalue weighted by molar-refractivity contribution is 5.96. The van der Waals surface area contributed by atoms with E-state index in [9.17, 15) is 18.4 Å². The molecule has 2 fully saturated rings. The first-order valence-electron chi connectivity index (χ1n) is 12.3. The second-order valence-corrected chi connectivity index (χ2v) is 9.26. The summed E-state index contributed by atoms with van der Waals surface area (Å²) in [5, 5.41) is 15.7. The number of carbonyl (C=O) groups excluding carboxylic acids is 1. The van der Waals surface area contributed by atoms with Gasteiger partial charge in [-0.25, -0.2) is 8.78 Å². The average Bonchev–Trinajstić information content (AvgIpc) is 3.24. The number of aryl methyl sites for hydroxylation is 1. The van der Waals surface area contributed by atoms with Crippen LogP contribution in [0, 0.1) is 18.3 Å². The number of rotatable bonds is 4. The van der Waals surface area contributed by atoms with Crippen LogP contribution < -0.4 is 10.9 Å². The number of piperidine rings is 1. The Hall–Kier alpha value is -3.78. The molecule has 37 heavy (non-hydrogen) atoms. The van der Waals surface area contributed by atoms with Crippen molar-refractivity contribution in [3.05, 3.63) is 51.9 Å². The normalized spacial score (nSPS) is 19.0. The van der Waals surface area contributed by atoms with Gasteiger partial charge in [0.15, 0.2) is 5.82 Å². The van der Waals surface area contributed by atoms with Crippen LogP contribution in [0.25, 0.3) is 10.9 Å². The first-order valence-corrected chi connectivity index (χ1v) is 12.3. The molecule has 196 valence electrons. The lowest BCUT2D eigenvalue weighted by molar-refractivity contribution is -0.0494. The lowest BCUT2D eigenvalue weighted by Gasteiger charge is -2.32. The molecule has 2 aliphatic heterocycles. The Morgan fingerprint density at radius 1 is 1.30 bits per heavy atom. The van der Waals surface area contributed by atoms with Crippen molar-refractivity contribution in [1.29, 1.82) is 5.26 Å². The van der Waals surface area contributed by atoms with Gasteiger partial charge in [0.1, 0.15) is 5.39 Å². The van der Waals surface area contributed by atoms with Crippen molar-refractivity contribution in [3.63, 3.8) is 0 Å². The fraction of sp³-hybridized carbons (Fsp3) is 0.462. The highest BCUT2D eigenvalue weighted by Crippen LogP contribution is 2.31. The van der Waals surface area contributed by atoms with Crippen molar-refractivity contribution in [3.8, 4) is 6.07 Å². The Morgan fingerprint density at radius 3 is 2.68 bits per heavy atom. The fourth-order valence-electron chi connectivity index (χ4n) is 4.71. The smallest absolute Gasteiger partial charge is 0.261 e. The number of carbonyl (C=O) groups is 1. The number of fused-ring (bicyclic) bond motifs is 1. The fourth-order valence-corrected chi connectivity index (χ4v) is 4.71. The number of hydrogen-bond donors (Lipinski definition) is 2. The maximum atomic E-state index is 13.5. The van der Waals surface area contributed by atoms with E-state index >= 15 is 0 Å². The highest BCUT2D eigenvalue weighted by Gasteiger charge is 2.36. The summed E-state index contributed by atoms with van der Waals surface area (Å²) in [6.45, 7) is 4.59. The number of H-pyrrole nitrogens is 1. The van der Waals surface area contributed by atoms with Crippen molar-refractivity contribution < 1.29 is 18.3 Å². The number of anilines is 2. The molecule has 0 saturated carbocycles. The zero-order chi connectivity index (χ0) is 26.6. The van der Waals surface area contributed by atoms with E-state index < -0.39 is 5.92 Å². The van der Waals surface area contributed by atoms with Gasteiger partial charge in [-0.1, -0.05) is 0 Å². The predicted octanol–water partition coefficient (Wildman–Crippen LogP) is 4.53. The van der Waals surface area contributed by atoms with E-state index in [1.807, 2.05) is 10.7 Å². The van der Waals surface area contributed by atoms with Crippen LogP contribution >= 0.6 is 0 Å². The minimum atomic E-state index is -2.70. The molecular weight excluding hydrogens is 482 g/mol. The van der Waals surface area contributed by atoms with Gasteiger partial charge in [0, 0.05) is 56.9 Å². The standard InChI is InChI=1S/C24H27F2N5O3.C2H3N/c1-15-13-16(4-5-18(15)23(33)30-10-7-24(25,26)8-11-30)28-21-20-19(6-9-27-22(20)32)31(29-21)17-3-2-12-34-14-17;1-2-3/h4-6,9,13,17H,2-3,7-8,10-12,14H2,1H3,(H,27,32)(H,28,29);1H3. The number of nitrogens with zero attached hydrogens (tertiary/aromatic N) is 4. The molecule has 2 aromatic heterocycles. The molecule has 1 atom stereocenters. The molecular formula is C26H30F2N6O3. The summed E-state index contributed by atoms with van der Waals surface area (Å²) >= 11 is 0. The van der Waals surface area contributed by atoms with E-state index in [4.69, 9.17) is 15.1 Å². The molecule has 0 bridgehead atoms. The monoisotopic (exact) mass is 512 g/mol. The Kier molecular flexibility index (Phi) is 7.88. The molecule has 2 N–H and O–H groups in total. The van der Waals surface area contributed by atoms with Crippen molar-refractivity contribution >= 4 is 28.3 Å². The summed E-state index contributed by atoms with van der Waals surface area (Å²) in [5.74, 6) is -2.52. The molecule has 0 aliphatic carbocycles. The maximum absolute atomic E-state index is 13.5. The van der Waals surface area contributed by atoms with Crippen LogP contribution in [0.4, 0.5) is 20.3 Å². The molecule has 0 radical (unpaired) electrons. The van der Waals surface area contributed by atoms with Gasteiger partial charge in [-0.3, -0.25) is 14.3 Å². The number of ether oxygens (including phenoxy) is 1. The summed E-state index contributed by atoms with van der Waals surface area (Å²) in [5.41, 5.74) is 2.35. The minimum absolute atomic E-state index is 0.0440. The zero-order valence-corrected chi connectivity index (χ0v) is 20.9. The molecule has 1 unspecified atom stereocenters. The van der Waals surface area contributed by atoms with E-state index in [0.29, 0.717) is 34.6 Å². The lowest BCUT2D eigenvalue weighted by Crippen LogP contribution is -2.42. The molecule has 3 aromatic rings. The summed E-state index contributed by atoms with van der Waals surface area (Å²) in [7, 11) is 0. The first-order chi connectivity index (χ1) is 17.7. The van der Waals surface area contributed by atoms with Gasteiger partial charge >= 0.3 is 0 Å². The number of likely N-dealkylation sites (tertiary alicyclic amines) is 1. The number of halogens is 2. The minimum Gasteiger partial charge on any atom is -0.379 e. The van der Waals surface area contributed by atoms with Gasteiger partial charge in [0.2, 0.25) is 0 Å². The van der Waals surface area contributed by atoms with Crippen LogP contribution in [0.1, 0.15) is 54.6 Å². The third-order valence-electron chi connectivity index (χ3n) is 6.61. The van der Waals surface area contributed by atoms with E-state index in [2.05, 4.69) is 10.3 Å². The van der Waals surface area contributed by atoms with Gasteiger partial charge in [0.25, 0.3) is 17.4 Å². The van der Waals surface area contributed by atoms with Crippen LogP contribution in [0.3, 0.4) is 0 Å². The number of benzene rings is 1. The Balaban J connectivity index is 0.00000102. The molecule has 5 rings (SSSR count). The van der Waals surface area contributed by atoms with Gasteiger partial charge < -0.3 is 19.9 Å². The van der Waals surface area contributed by atoms with E-state index in [0.717, 1.165) is 25.0 Å². The molecule has 1 aromatic carbocycles. The van der Waals surface area contributed by atoms with Crippen LogP contribution in [0.2, 0.25) is 0 Å². The largest absolute Gasteiger partial charge is 0.379 e. The summed E-state index contributed by atoms with van der Waals surface area (Å²) in [6.07, 6.45) is 2.83. The molecule has 2 saturated heterocycles. The molecule has 0 spiro atoms. The van der Waals surface area contributed by atoms with Crippen molar-refractivity contribution in [2.45, 2.75) is 51.5 Å². The van der Waals surface area contributed by atoms with Gasteiger partial charge in [-0.05, 0) is 49.6 Å². The number of pyridine rings is 1. The first kappa shape index (κ1) is 26.3. The molecule has 4 heterocycles. The molecule has 9 nitrogen and oxygen atoms in total. The highest BCUT2D eigenvalue weighted by atomic mass is 19.3. The van der Waals surface area contributed by atoms with E-state index in [1.54, 1.807) is 37.4 Å². The van der Waals surface area contributed by atoms with Crippen LogP contribution in [0.5, 0.6) is 0 Å². The quantitative estimate of drug-likeness (QED) is 0.531. The number of aromatic amines is 1. The van der Waals surface area contributed by atoms with Gasteiger partial charge in [-0.2, -0.15) is 10.4 Å². The van der Waals surface area contributed by atoms with Crippen molar-refractivity contribution in [2.75, 3.05) is 31.6 Å². The van der Waals surface area contributed by atoms with Crippen molar-refractivity contribution in [2.24, 2.45) is 0 Å². The lowest BCUT2D eigenvalue weighted by atomic mass is 10.0. The number of alkyl halides is 2. The Labute approximate surface area is 213 Å². The zero-order valence-electron chi connectivity index (χ0n) is 20.9. The number of hydrogen-bond acceptors (Lipinski definition) is 6. The number of nitrogens with one attached hydrogen (secondary N) is 2. The predicted molar refractivity (Wildman–Crippen MR) is 135 cm³/mol. The van der Waals surface area contributed by atoms with E-state index in [-0.39, 0.29) is 43.4 Å². The van der Waals surface area contributed by atoms with E-state index in [1.165, 1.54) is 11.8 Å². The SMILES string of the molecule is CC#N.Cc1cc(Nc2nn(C3CCCOC3)c3cc[nH]c(=O)c23)ccc1C(=O)N1CCC(F)(F)CC1. The van der Waals surface area contributed by atoms with Crippen LogP contribution in [-0.4, -0.2) is 57.8 Å². The molecule has 2 aliphatic rings. The Morgan fingerprint density at radius 2 is 2.03 bits per heavy atom. The summed E-state index contributed by atoms with van der Waals surface area (Å²) in [6, 6.07) is 8.86. The van der Waals surface area contributed by atoms with Crippen LogP contribution in [-0.2, 0) is 4.74 Å². The average molecular weight is 513 g/mol. The third-order valence-corrected chi connectivity index (χ3v) is 6.61.